The Balaban J connectivity index is 1.50. The smallest absolute Gasteiger partial charge is 0.325 e. The molecule has 1 heterocycles. The molecule has 0 radical (unpaired) electrons. The van der Waals surface area contributed by atoms with E-state index < -0.39 is 30.3 Å². The number of hydrogen-bond acceptors (Lipinski definition) is 6. The third-order valence-corrected chi connectivity index (χ3v) is 6.40. The second kappa shape index (κ2) is 9.74. The first-order valence-corrected chi connectivity index (χ1v) is 10.8. The first-order valence-electron chi connectivity index (χ1n) is 10.0. The Morgan fingerprint density at radius 1 is 1.10 bits per heavy atom. The summed E-state index contributed by atoms with van der Waals surface area (Å²) in [7, 11) is 0. The Bertz CT molecular complexity index is 1040. The molecule has 164 valence electrons. The number of ether oxygens (including phenoxy) is 1. The van der Waals surface area contributed by atoms with Crippen molar-refractivity contribution >= 4 is 40.0 Å². The fraction of sp³-hybridized carbons (Fsp3) is 0.364. The molecule has 0 saturated carbocycles. The van der Waals surface area contributed by atoms with Crippen LogP contribution in [0.3, 0.4) is 0 Å². The summed E-state index contributed by atoms with van der Waals surface area (Å²) >= 11 is 1.34. The van der Waals surface area contributed by atoms with Crippen molar-refractivity contribution in [2.24, 2.45) is 5.73 Å². The van der Waals surface area contributed by atoms with Crippen LogP contribution >= 0.6 is 11.3 Å². The minimum atomic E-state index is -0.743. The van der Waals surface area contributed by atoms with E-state index in [0.717, 1.165) is 47.3 Å². The van der Waals surface area contributed by atoms with Crippen molar-refractivity contribution in [3.63, 3.8) is 0 Å². The van der Waals surface area contributed by atoms with Gasteiger partial charge in [0.15, 0.2) is 6.61 Å². The summed E-state index contributed by atoms with van der Waals surface area (Å²) in [5.74, 6) is -2.30. The lowest BCUT2D eigenvalue weighted by Crippen LogP contribution is -2.32. The van der Waals surface area contributed by atoms with Gasteiger partial charge in [0.25, 0.3) is 17.7 Å². The molecule has 1 aromatic heterocycles. The lowest BCUT2D eigenvalue weighted by molar-refractivity contribution is -0.146. The van der Waals surface area contributed by atoms with E-state index in [1.54, 1.807) is 12.1 Å². The first kappa shape index (κ1) is 22.5. The van der Waals surface area contributed by atoms with E-state index in [-0.39, 0.29) is 6.54 Å². The molecule has 3 rings (SSSR count). The zero-order valence-electron chi connectivity index (χ0n) is 17.5. The van der Waals surface area contributed by atoms with Gasteiger partial charge in [0.1, 0.15) is 11.5 Å². The molecule has 1 aliphatic carbocycles. The number of benzene rings is 1. The maximum Gasteiger partial charge on any atom is 0.325 e. The van der Waals surface area contributed by atoms with Gasteiger partial charge in [0.2, 0.25) is 0 Å². The summed E-state index contributed by atoms with van der Waals surface area (Å²) in [5.41, 5.74) is 9.23. The van der Waals surface area contributed by atoms with Gasteiger partial charge in [0.05, 0.1) is 5.56 Å². The van der Waals surface area contributed by atoms with Crippen molar-refractivity contribution in [3.8, 4) is 0 Å². The summed E-state index contributed by atoms with van der Waals surface area (Å²) < 4.78 is 4.93. The van der Waals surface area contributed by atoms with Crippen molar-refractivity contribution in [2.45, 2.75) is 39.5 Å². The number of aryl methyl sites for hydroxylation is 3. The summed E-state index contributed by atoms with van der Waals surface area (Å²) in [5, 5.41) is 5.48. The number of thiophene rings is 1. The lowest BCUT2D eigenvalue weighted by Gasteiger charge is -2.11. The summed E-state index contributed by atoms with van der Waals surface area (Å²) in [4.78, 5) is 49.2. The molecule has 9 heteroatoms. The number of hydrogen-bond donors (Lipinski definition) is 3. The average Bonchev–Trinajstić information content (AvgIpc) is 3.10. The van der Waals surface area contributed by atoms with Gasteiger partial charge in [-0.05, 0) is 68.4 Å². The molecule has 0 aliphatic heterocycles. The number of fused-ring (bicyclic) bond motifs is 1. The minimum absolute atomic E-state index is 0.347. The molecule has 0 bridgehead atoms. The van der Waals surface area contributed by atoms with Gasteiger partial charge in [-0.15, -0.1) is 11.3 Å². The second-order valence-corrected chi connectivity index (χ2v) is 8.58. The average molecular weight is 444 g/mol. The summed E-state index contributed by atoms with van der Waals surface area (Å²) in [6.45, 7) is 2.95. The van der Waals surface area contributed by atoms with Crippen LogP contribution in [0.4, 0.5) is 5.00 Å². The largest absolute Gasteiger partial charge is 0.454 e. The van der Waals surface area contributed by atoms with Crippen molar-refractivity contribution < 1.29 is 23.9 Å². The van der Waals surface area contributed by atoms with Gasteiger partial charge in [0, 0.05) is 10.4 Å². The molecular weight excluding hydrogens is 418 g/mol. The van der Waals surface area contributed by atoms with E-state index in [1.165, 1.54) is 11.3 Å². The molecule has 1 aromatic carbocycles. The van der Waals surface area contributed by atoms with Crippen LogP contribution in [0.1, 0.15) is 55.1 Å². The Kier molecular flexibility index (Phi) is 7.06. The Labute approximate surface area is 184 Å². The summed E-state index contributed by atoms with van der Waals surface area (Å²) in [6, 6.07) is 5.24. The predicted octanol–water partition coefficient (Wildman–Crippen LogP) is 2.25. The number of anilines is 1. The van der Waals surface area contributed by atoms with Crippen molar-refractivity contribution in [3.05, 3.63) is 50.9 Å². The Hall–Kier alpha value is -3.20. The van der Waals surface area contributed by atoms with Crippen molar-refractivity contribution in [1.82, 2.24) is 5.32 Å². The van der Waals surface area contributed by atoms with Crippen LogP contribution in [0, 0.1) is 13.8 Å². The Morgan fingerprint density at radius 3 is 2.55 bits per heavy atom. The van der Waals surface area contributed by atoms with E-state index >= 15 is 0 Å². The third kappa shape index (κ3) is 5.49. The van der Waals surface area contributed by atoms with Crippen LogP contribution in [-0.2, 0) is 27.2 Å². The maximum absolute atomic E-state index is 12.2. The van der Waals surface area contributed by atoms with Gasteiger partial charge in [-0.1, -0.05) is 6.07 Å². The van der Waals surface area contributed by atoms with Crippen LogP contribution in [0.5, 0.6) is 0 Å². The van der Waals surface area contributed by atoms with E-state index in [2.05, 4.69) is 10.6 Å². The molecule has 31 heavy (non-hydrogen) atoms. The van der Waals surface area contributed by atoms with E-state index in [4.69, 9.17) is 10.5 Å². The molecule has 4 N–H and O–H groups in total. The molecule has 0 spiro atoms. The minimum Gasteiger partial charge on any atom is -0.454 e. The Morgan fingerprint density at radius 2 is 1.84 bits per heavy atom. The van der Waals surface area contributed by atoms with Crippen LogP contribution in [-0.4, -0.2) is 36.8 Å². The van der Waals surface area contributed by atoms with Gasteiger partial charge < -0.3 is 21.1 Å². The van der Waals surface area contributed by atoms with Crippen LogP contribution < -0.4 is 16.4 Å². The number of carbonyl (C=O) groups excluding carboxylic acids is 4. The molecular formula is C22H25N3O5S. The zero-order chi connectivity index (χ0) is 22.5. The number of nitrogens with two attached hydrogens (primary N) is 1. The number of amides is 3. The highest BCUT2D eigenvalue weighted by atomic mass is 32.1. The quantitative estimate of drug-likeness (QED) is 0.566. The molecule has 2 aromatic rings. The summed E-state index contributed by atoms with van der Waals surface area (Å²) in [6.07, 6.45) is 3.62. The molecule has 0 fully saturated rings. The van der Waals surface area contributed by atoms with Crippen molar-refractivity contribution in [1.29, 1.82) is 0 Å². The maximum atomic E-state index is 12.2. The number of nitrogens with one attached hydrogen (secondary N) is 2. The monoisotopic (exact) mass is 443 g/mol. The van der Waals surface area contributed by atoms with Crippen LogP contribution in [0.2, 0.25) is 0 Å². The first-order chi connectivity index (χ1) is 14.8. The second-order valence-electron chi connectivity index (χ2n) is 7.47. The molecule has 1 aliphatic rings. The topological polar surface area (TPSA) is 128 Å². The number of carbonyl (C=O) groups is 4. The highest BCUT2D eigenvalue weighted by molar-refractivity contribution is 7.17. The molecule has 0 saturated heterocycles. The van der Waals surface area contributed by atoms with Gasteiger partial charge in [-0.2, -0.15) is 0 Å². The molecule has 0 atom stereocenters. The molecule has 8 nitrogen and oxygen atoms in total. The predicted molar refractivity (Wildman–Crippen MR) is 117 cm³/mol. The standard InChI is InChI=1S/C22H25N3O5S/c1-12-7-8-14(9-13(12)2)21(29)24-10-18(27)30-11-17(26)25-22-19(20(23)28)15-5-3-4-6-16(15)31-22/h7-9H,3-6,10-11H2,1-2H3,(H2,23,28)(H,24,29)(H,25,26). The number of primary amides is 1. The number of rotatable bonds is 7. The highest BCUT2D eigenvalue weighted by Crippen LogP contribution is 2.37. The lowest BCUT2D eigenvalue weighted by atomic mass is 9.95. The number of esters is 1. The van der Waals surface area contributed by atoms with Crippen LogP contribution in [0.25, 0.3) is 0 Å². The fourth-order valence-electron chi connectivity index (χ4n) is 3.41. The van der Waals surface area contributed by atoms with Gasteiger partial charge in [-0.25, -0.2) is 0 Å². The molecule has 0 unspecified atom stereocenters. The van der Waals surface area contributed by atoms with Gasteiger partial charge in [-0.3, -0.25) is 19.2 Å². The van der Waals surface area contributed by atoms with Crippen LogP contribution in [0.15, 0.2) is 18.2 Å². The van der Waals surface area contributed by atoms with E-state index in [0.29, 0.717) is 16.1 Å². The highest BCUT2D eigenvalue weighted by Gasteiger charge is 2.25. The van der Waals surface area contributed by atoms with E-state index in [1.807, 2.05) is 19.9 Å². The van der Waals surface area contributed by atoms with E-state index in [9.17, 15) is 19.2 Å². The SMILES string of the molecule is Cc1ccc(C(=O)NCC(=O)OCC(=O)Nc2sc3c(c2C(N)=O)CCCC3)cc1C. The fourth-order valence-corrected chi connectivity index (χ4v) is 4.72. The van der Waals surface area contributed by atoms with Crippen molar-refractivity contribution in [2.75, 3.05) is 18.5 Å². The normalized spacial score (nSPS) is 12.6. The van der Waals surface area contributed by atoms with Gasteiger partial charge >= 0.3 is 5.97 Å². The zero-order valence-corrected chi connectivity index (χ0v) is 18.3. The molecule has 3 amide bonds. The third-order valence-electron chi connectivity index (χ3n) is 5.20.